The zero-order chi connectivity index (χ0) is 20.4. The monoisotopic (exact) mass is 444 g/mol. The lowest BCUT2D eigenvalue weighted by Crippen LogP contribution is -2.10. The lowest BCUT2D eigenvalue weighted by Gasteiger charge is -2.03. The van der Waals surface area contributed by atoms with E-state index in [4.69, 9.17) is 21.1 Å². The summed E-state index contributed by atoms with van der Waals surface area (Å²) in [5.41, 5.74) is 1.75. The molecular formula is C21H17ClN2O3S2. The highest BCUT2D eigenvalue weighted by atomic mass is 35.5. The van der Waals surface area contributed by atoms with Crippen molar-refractivity contribution in [3.05, 3.63) is 57.7 Å². The fourth-order valence-electron chi connectivity index (χ4n) is 2.83. The molecule has 2 aromatic heterocycles. The van der Waals surface area contributed by atoms with Crippen molar-refractivity contribution in [2.45, 2.75) is 6.92 Å². The Morgan fingerprint density at radius 3 is 2.66 bits per heavy atom. The van der Waals surface area contributed by atoms with E-state index in [9.17, 15) is 4.79 Å². The number of rotatable bonds is 6. The van der Waals surface area contributed by atoms with Crippen molar-refractivity contribution in [1.82, 2.24) is 4.98 Å². The second-order valence-electron chi connectivity index (χ2n) is 6.06. The molecule has 1 amide bonds. The zero-order valence-electron chi connectivity index (χ0n) is 15.7. The van der Waals surface area contributed by atoms with Crippen LogP contribution >= 0.6 is 34.3 Å². The number of carbonyl (C=O) groups excluding carboxylic acids is 1. The summed E-state index contributed by atoms with van der Waals surface area (Å²) < 4.78 is 11.6. The van der Waals surface area contributed by atoms with Crippen LogP contribution in [0.25, 0.3) is 21.3 Å². The number of anilines is 1. The molecule has 4 aromatic rings. The maximum Gasteiger partial charge on any atom is 0.269 e. The first-order valence-corrected chi connectivity index (χ1v) is 10.9. The molecule has 0 spiro atoms. The van der Waals surface area contributed by atoms with Gasteiger partial charge in [-0.15, -0.1) is 22.7 Å². The fraction of sp³-hybridized carbons (Fsp3) is 0.143. The van der Waals surface area contributed by atoms with Crippen molar-refractivity contribution in [3.8, 4) is 22.8 Å². The molecule has 0 aliphatic rings. The Bertz CT molecular complexity index is 1170. The number of methoxy groups -OCH3 is 1. The van der Waals surface area contributed by atoms with Gasteiger partial charge in [0.15, 0.2) is 5.13 Å². The summed E-state index contributed by atoms with van der Waals surface area (Å²) in [4.78, 5) is 17.7. The third-order valence-electron chi connectivity index (χ3n) is 4.23. The van der Waals surface area contributed by atoms with Crippen molar-refractivity contribution in [2.75, 3.05) is 19.0 Å². The quantitative estimate of drug-likeness (QED) is 0.377. The highest BCUT2D eigenvalue weighted by Gasteiger charge is 2.19. The number of hydrogen-bond donors (Lipinski definition) is 1. The van der Waals surface area contributed by atoms with Crippen LogP contribution < -0.4 is 14.8 Å². The molecule has 0 aliphatic heterocycles. The Morgan fingerprint density at radius 1 is 1.17 bits per heavy atom. The summed E-state index contributed by atoms with van der Waals surface area (Å²) in [5, 5.41) is 6.50. The van der Waals surface area contributed by atoms with E-state index in [-0.39, 0.29) is 5.91 Å². The molecule has 0 atom stereocenters. The standard InChI is InChI=1S/C21H17ClN2O3S2/c1-3-27-13-6-4-12(5-7-13)16-11-28-21(23-16)24-20(25)19-18(22)15-10-14(26-2)8-9-17(15)29-19/h4-11H,3H2,1-2H3,(H,23,24,25). The predicted molar refractivity (Wildman–Crippen MR) is 120 cm³/mol. The van der Waals surface area contributed by atoms with Gasteiger partial charge in [-0.1, -0.05) is 11.6 Å². The average molecular weight is 445 g/mol. The summed E-state index contributed by atoms with van der Waals surface area (Å²) in [7, 11) is 1.60. The second-order valence-corrected chi connectivity index (χ2v) is 8.34. The minimum absolute atomic E-state index is 0.275. The van der Waals surface area contributed by atoms with Gasteiger partial charge in [0.05, 0.1) is 24.4 Å². The molecule has 0 fully saturated rings. The number of halogens is 1. The van der Waals surface area contributed by atoms with Gasteiger partial charge < -0.3 is 9.47 Å². The van der Waals surface area contributed by atoms with E-state index >= 15 is 0 Å². The number of amides is 1. The zero-order valence-corrected chi connectivity index (χ0v) is 18.1. The third kappa shape index (κ3) is 4.07. The normalized spacial score (nSPS) is 10.9. The Labute approximate surface area is 180 Å². The van der Waals surface area contributed by atoms with Gasteiger partial charge >= 0.3 is 0 Å². The van der Waals surface area contributed by atoms with Crippen LogP contribution in [0.1, 0.15) is 16.6 Å². The van der Waals surface area contributed by atoms with E-state index in [1.165, 1.54) is 22.7 Å². The Balaban J connectivity index is 1.53. The van der Waals surface area contributed by atoms with E-state index in [0.717, 1.165) is 27.1 Å². The summed E-state index contributed by atoms with van der Waals surface area (Å²) in [6, 6.07) is 13.3. The molecule has 29 heavy (non-hydrogen) atoms. The SMILES string of the molecule is CCOc1ccc(-c2csc(NC(=O)c3sc4ccc(OC)cc4c3Cl)n2)cc1. The van der Waals surface area contributed by atoms with Crippen molar-refractivity contribution in [1.29, 1.82) is 0 Å². The molecule has 2 aromatic carbocycles. The second kappa shape index (κ2) is 8.41. The topological polar surface area (TPSA) is 60.5 Å². The third-order valence-corrected chi connectivity index (χ3v) is 6.66. The minimum Gasteiger partial charge on any atom is -0.497 e. The molecule has 0 saturated heterocycles. The number of ether oxygens (including phenoxy) is 2. The van der Waals surface area contributed by atoms with Crippen molar-refractivity contribution >= 4 is 55.4 Å². The van der Waals surface area contributed by atoms with Crippen LogP contribution in [0.4, 0.5) is 5.13 Å². The maximum absolute atomic E-state index is 12.8. The summed E-state index contributed by atoms with van der Waals surface area (Å²) in [6.45, 7) is 2.57. The van der Waals surface area contributed by atoms with Crippen molar-refractivity contribution < 1.29 is 14.3 Å². The fourth-order valence-corrected chi connectivity index (χ4v) is 4.92. The summed E-state index contributed by atoms with van der Waals surface area (Å²) in [5.74, 6) is 1.24. The number of thiazole rings is 1. The van der Waals surface area contributed by atoms with Crippen LogP contribution in [-0.2, 0) is 0 Å². The van der Waals surface area contributed by atoms with Crippen LogP contribution in [0.2, 0.25) is 5.02 Å². The van der Waals surface area contributed by atoms with E-state index in [1.54, 1.807) is 7.11 Å². The summed E-state index contributed by atoms with van der Waals surface area (Å²) >= 11 is 9.17. The molecule has 1 N–H and O–H groups in total. The lowest BCUT2D eigenvalue weighted by atomic mass is 10.2. The van der Waals surface area contributed by atoms with E-state index in [1.807, 2.05) is 54.8 Å². The molecule has 0 aliphatic carbocycles. The Morgan fingerprint density at radius 2 is 1.93 bits per heavy atom. The van der Waals surface area contributed by atoms with Crippen molar-refractivity contribution in [3.63, 3.8) is 0 Å². The first-order chi connectivity index (χ1) is 14.1. The van der Waals surface area contributed by atoms with Crippen LogP contribution in [0.15, 0.2) is 47.8 Å². The minimum atomic E-state index is -0.275. The number of benzene rings is 2. The number of carbonyl (C=O) groups is 1. The first kappa shape index (κ1) is 19.7. The largest absolute Gasteiger partial charge is 0.497 e. The van der Waals surface area contributed by atoms with Crippen LogP contribution in [0.5, 0.6) is 11.5 Å². The average Bonchev–Trinajstić information content (AvgIpc) is 3.33. The number of aromatic nitrogens is 1. The van der Waals surface area contributed by atoms with Gasteiger partial charge in [0.25, 0.3) is 5.91 Å². The lowest BCUT2D eigenvalue weighted by molar-refractivity contribution is 0.103. The van der Waals surface area contributed by atoms with Gasteiger partial charge in [0.2, 0.25) is 0 Å². The molecule has 0 bridgehead atoms. The molecule has 0 radical (unpaired) electrons. The molecule has 4 rings (SSSR count). The highest BCUT2D eigenvalue weighted by molar-refractivity contribution is 7.22. The number of nitrogens with one attached hydrogen (secondary N) is 1. The van der Waals surface area contributed by atoms with Gasteiger partial charge in [-0.25, -0.2) is 4.98 Å². The molecule has 2 heterocycles. The predicted octanol–water partition coefficient (Wildman–Crippen LogP) is 6.34. The van der Waals surface area contributed by atoms with E-state index < -0.39 is 0 Å². The van der Waals surface area contributed by atoms with Gasteiger partial charge in [0, 0.05) is 21.0 Å². The van der Waals surface area contributed by atoms with Crippen molar-refractivity contribution in [2.24, 2.45) is 0 Å². The highest BCUT2D eigenvalue weighted by Crippen LogP contribution is 2.38. The molecule has 148 valence electrons. The molecule has 0 unspecified atom stereocenters. The van der Waals surface area contributed by atoms with E-state index in [2.05, 4.69) is 10.3 Å². The molecular weight excluding hydrogens is 428 g/mol. The molecule has 5 nitrogen and oxygen atoms in total. The maximum atomic E-state index is 12.8. The van der Waals surface area contributed by atoms with Crippen LogP contribution in [0.3, 0.4) is 0 Å². The van der Waals surface area contributed by atoms with Crippen LogP contribution in [-0.4, -0.2) is 24.6 Å². The van der Waals surface area contributed by atoms with Gasteiger partial charge in [0.1, 0.15) is 16.4 Å². The molecule has 0 saturated carbocycles. The van der Waals surface area contributed by atoms with Crippen LogP contribution in [0, 0.1) is 0 Å². The van der Waals surface area contributed by atoms with Gasteiger partial charge in [-0.2, -0.15) is 0 Å². The van der Waals surface area contributed by atoms with Gasteiger partial charge in [-0.05, 0) is 49.4 Å². The molecule has 8 heteroatoms. The smallest absolute Gasteiger partial charge is 0.269 e. The van der Waals surface area contributed by atoms with E-state index in [0.29, 0.717) is 27.4 Å². The number of nitrogens with zero attached hydrogens (tertiary/aromatic N) is 1. The Kier molecular flexibility index (Phi) is 5.71. The van der Waals surface area contributed by atoms with Gasteiger partial charge in [-0.3, -0.25) is 10.1 Å². The first-order valence-electron chi connectivity index (χ1n) is 8.85. The Hall–Kier alpha value is -2.61. The number of fused-ring (bicyclic) bond motifs is 1. The number of thiophene rings is 1. The number of hydrogen-bond acceptors (Lipinski definition) is 6. The summed E-state index contributed by atoms with van der Waals surface area (Å²) in [6.07, 6.45) is 0.